The predicted molar refractivity (Wildman–Crippen MR) is 442 cm³/mol. The number of rotatable bonds is 40. The molecule has 10 rings (SSSR count). The molecule has 0 saturated carbocycles. The van der Waals surface area contributed by atoms with E-state index in [1.807, 2.05) is 36.4 Å². The highest BCUT2D eigenvalue weighted by atomic mass is 35.5. The third-order valence-electron chi connectivity index (χ3n) is 20.6. The van der Waals surface area contributed by atoms with Crippen molar-refractivity contribution in [3.63, 3.8) is 0 Å². The van der Waals surface area contributed by atoms with Gasteiger partial charge in [-0.3, -0.25) is 0 Å². The van der Waals surface area contributed by atoms with Crippen LogP contribution in [0.3, 0.4) is 0 Å². The van der Waals surface area contributed by atoms with Crippen LogP contribution in [0.4, 0.5) is 0 Å². The van der Waals surface area contributed by atoms with Gasteiger partial charge < -0.3 is 63.5 Å². The maximum atomic E-state index is 8.82. The molecule has 0 atom stereocenters. The van der Waals surface area contributed by atoms with E-state index in [0.717, 1.165) is 189 Å². The molecule has 5 aliphatic heterocycles. The fraction of sp³-hybridized carbons (Fsp3) is 0.667. The van der Waals surface area contributed by atoms with E-state index in [-0.39, 0.29) is 19.8 Å². The van der Waals surface area contributed by atoms with Crippen LogP contribution in [0, 0.1) is 0 Å². The molecule has 0 aromatic heterocycles. The number of likely N-dealkylation sites (tertiary alicyclic amines) is 5. The summed E-state index contributed by atoms with van der Waals surface area (Å²) < 4.78 is 29.1. The second kappa shape index (κ2) is 61.2. The lowest BCUT2D eigenvalue weighted by atomic mass is 10.1. The zero-order valence-corrected chi connectivity index (χ0v) is 66.9. The molecule has 0 aliphatic carbocycles. The van der Waals surface area contributed by atoms with Crippen molar-refractivity contribution in [1.82, 2.24) is 24.5 Å². The third-order valence-corrected chi connectivity index (χ3v) is 21.2. The topological polar surface area (TPSA) is 123 Å². The molecule has 105 heavy (non-hydrogen) atoms. The molecule has 5 aromatic rings. The highest BCUT2D eigenvalue weighted by molar-refractivity contribution is 6.18. The van der Waals surface area contributed by atoms with Crippen LogP contribution < -0.4 is 23.7 Å². The summed E-state index contributed by atoms with van der Waals surface area (Å²) in [5.41, 5.74) is 6.48. The number of nitrogens with zero attached hydrogens (tertiary/aromatic N) is 5. The van der Waals surface area contributed by atoms with Gasteiger partial charge in [-0.25, -0.2) is 0 Å². The molecule has 5 heterocycles. The van der Waals surface area contributed by atoms with E-state index in [1.165, 1.54) is 235 Å². The van der Waals surface area contributed by atoms with Crippen molar-refractivity contribution in [3.05, 3.63) is 149 Å². The van der Waals surface area contributed by atoms with Crippen LogP contribution in [0.15, 0.2) is 121 Å². The number of alkyl halides is 2. The summed E-state index contributed by atoms with van der Waals surface area (Å²) in [7, 11) is 0. The van der Waals surface area contributed by atoms with E-state index < -0.39 is 0 Å². The summed E-state index contributed by atoms with van der Waals surface area (Å²) in [6, 6.07) is 41.7. The Labute approximate surface area is 648 Å². The Kier molecular flexibility index (Phi) is 52.0. The number of aliphatic hydroxyl groups is 3. The van der Waals surface area contributed by atoms with Gasteiger partial charge >= 0.3 is 0 Å². The average molecular weight is 1490 g/mol. The van der Waals surface area contributed by atoms with Gasteiger partial charge in [-0.15, -0.1) is 23.2 Å². The van der Waals surface area contributed by atoms with Crippen LogP contribution in [0.25, 0.3) is 0 Å². The Morgan fingerprint density at radius 2 is 0.381 bits per heavy atom. The normalized spacial score (nSPS) is 16.6. The first-order chi connectivity index (χ1) is 51.9. The van der Waals surface area contributed by atoms with Gasteiger partial charge in [-0.05, 0) is 314 Å². The summed E-state index contributed by atoms with van der Waals surface area (Å²) in [5.74, 6) is 6.31. The molecular weight excluding hydrogens is 1350 g/mol. The zero-order chi connectivity index (χ0) is 73.8. The average Bonchev–Trinajstić information content (AvgIpc) is 1.31. The minimum atomic E-state index is 0.259. The first kappa shape index (κ1) is 89.3. The lowest BCUT2D eigenvalue weighted by Gasteiger charge is -2.19. The second-order valence-electron chi connectivity index (χ2n) is 29.6. The molecule has 0 spiro atoms. The van der Waals surface area contributed by atoms with Crippen LogP contribution in [-0.4, -0.2) is 203 Å². The molecule has 5 aliphatic rings. The van der Waals surface area contributed by atoms with Crippen LogP contribution in [0.2, 0.25) is 0 Å². The molecule has 5 saturated heterocycles. The Hall–Kier alpha value is -4.64. The number of ether oxygens (including phenoxy) is 5. The Balaban J connectivity index is 0.000000206. The number of halogens is 2. The SMILES string of the molecule is ClCCCc1ccc(OCCCN2CCCCCC2)cc1.ClCCCc1ccc(OCCCN2CCCCCC2)cc1.OCCCc1ccc(OCCCN2CCCCCC2)cc1.OCCCc1ccc(OCCCN2CCCCCC2)cc1.OCCCc1ccc(OCCCN2CCCCCC2)cc1. The van der Waals surface area contributed by atoms with Crippen molar-refractivity contribution >= 4 is 23.2 Å². The molecule has 590 valence electrons. The van der Waals surface area contributed by atoms with Crippen molar-refractivity contribution in [1.29, 1.82) is 0 Å². The molecule has 13 nitrogen and oxygen atoms in total. The fourth-order valence-corrected chi connectivity index (χ4v) is 14.6. The van der Waals surface area contributed by atoms with E-state index in [4.69, 9.17) is 62.2 Å². The first-order valence-electron chi connectivity index (χ1n) is 42.1. The van der Waals surface area contributed by atoms with Crippen LogP contribution in [0.5, 0.6) is 28.7 Å². The molecule has 0 unspecified atom stereocenters. The van der Waals surface area contributed by atoms with Crippen molar-refractivity contribution in [2.24, 2.45) is 0 Å². The van der Waals surface area contributed by atoms with Gasteiger partial charge in [-0.1, -0.05) is 125 Å². The minimum Gasteiger partial charge on any atom is -0.494 e. The predicted octanol–water partition coefficient (Wildman–Crippen LogP) is 18.8. The van der Waals surface area contributed by atoms with E-state index in [2.05, 4.69) is 109 Å². The Morgan fingerprint density at radius 3 is 0.533 bits per heavy atom. The van der Waals surface area contributed by atoms with Gasteiger partial charge in [0.25, 0.3) is 0 Å². The second-order valence-corrected chi connectivity index (χ2v) is 30.3. The lowest BCUT2D eigenvalue weighted by molar-refractivity contribution is 0.240. The molecule has 0 radical (unpaired) electrons. The van der Waals surface area contributed by atoms with Crippen LogP contribution in [-0.2, 0) is 32.1 Å². The molecule has 5 fully saturated rings. The molecule has 3 N–H and O–H groups in total. The van der Waals surface area contributed by atoms with E-state index >= 15 is 0 Å². The van der Waals surface area contributed by atoms with Gasteiger partial charge in [0.15, 0.2) is 0 Å². The molecule has 15 heteroatoms. The maximum Gasteiger partial charge on any atom is 0.119 e. The van der Waals surface area contributed by atoms with E-state index in [1.54, 1.807) is 0 Å². The Bertz CT molecular complexity index is 2290. The summed E-state index contributed by atoms with van der Waals surface area (Å²) >= 11 is 11.4. The van der Waals surface area contributed by atoms with Crippen molar-refractivity contribution in [2.75, 3.05) is 163 Å². The van der Waals surface area contributed by atoms with Crippen LogP contribution >= 0.6 is 23.2 Å². The molecular formula is C90H143Cl2N5O8. The monoisotopic (exact) mass is 1490 g/mol. The number of hydrogen-bond acceptors (Lipinski definition) is 13. The van der Waals surface area contributed by atoms with Crippen molar-refractivity contribution in [3.8, 4) is 28.7 Å². The number of aryl methyl sites for hydroxylation is 5. The largest absolute Gasteiger partial charge is 0.494 e. The Morgan fingerprint density at radius 1 is 0.219 bits per heavy atom. The van der Waals surface area contributed by atoms with Crippen molar-refractivity contribution < 1.29 is 39.0 Å². The van der Waals surface area contributed by atoms with Gasteiger partial charge in [0, 0.05) is 64.3 Å². The number of benzene rings is 5. The van der Waals surface area contributed by atoms with Gasteiger partial charge in [0.05, 0.1) is 33.0 Å². The van der Waals surface area contributed by atoms with Crippen LogP contribution in [0.1, 0.15) is 220 Å². The van der Waals surface area contributed by atoms with Gasteiger partial charge in [0.2, 0.25) is 0 Å². The van der Waals surface area contributed by atoms with Crippen molar-refractivity contribution in [2.45, 2.75) is 225 Å². The summed E-state index contributed by atoms with van der Waals surface area (Å²) in [6.07, 6.45) is 42.7. The quantitative estimate of drug-likeness (QED) is 0.0255. The highest BCUT2D eigenvalue weighted by Crippen LogP contribution is 2.21. The summed E-state index contributed by atoms with van der Waals surface area (Å²) in [4.78, 5) is 12.9. The molecule has 0 bridgehead atoms. The standard InChI is InChI=1S/2C18H28ClNO.3C18H29NO2/c2*19-12-5-7-17-8-10-18(11-9-17)21-16-6-15-20-13-3-1-2-4-14-20;3*20-15-5-7-17-8-10-18(11-9-17)21-16-6-14-19-12-3-1-2-4-13-19/h2*8-11H,1-7,12-16H2;3*8-11,20H,1-7,12-16H2. The minimum absolute atomic E-state index is 0.259. The summed E-state index contributed by atoms with van der Waals surface area (Å²) in [6.45, 7) is 23.3. The maximum absolute atomic E-state index is 8.82. The smallest absolute Gasteiger partial charge is 0.119 e. The lowest BCUT2D eigenvalue weighted by Crippen LogP contribution is -2.26. The highest BCUT2D eigenvalue weighted by Gasteiger charge is 2.14. The summed E-state index contributed by atoms with van der Waals surface area (Å²) in [5, 5.41) is 26.5. The zero-order valence-electron chi connectivity index (χ0n) is 65.3. The number of aliphatic hydroxyl groups excluding tert-OH is 3. The molecule has 0 amide bonds. The van der Waals surface area contributed by atoms with Gasteiger partial charge in [-0.2, -0.15) is 0 Å². The van der Waals surface area contributed by atoms with Gasteiger partial charge in [0.1, 0.15) is 28.7 Å². The third kappa shape index (κ3) is 44.6. The van der Waals surface area contributed by atoms with E-state index in [0.29, 0.717) is 0 Å². The fourth-order valence-electron chi connectivity index (χ4n) is 14.3. The molecule has 5 aromatic carbocycles. The number of hydrogen-bond donors (Lipinski definition) is 3. The first-order valence-corrected chi connectivity index (χ1v) is 43.1. The van der Waals surface area contributed by atoms with E-state index in [9.17, 15) is 0 Å².